The van der Waals surface area contributed by atoms with Crippen molar-refractivity contribution in [1.29, 1.82) is 0 Å². The zero-order chi connectivity index (χ0) is 11.1. The van der Waals surface area contributed by atoms with Crippen molar-refractivity contribution >= 4 is 5.82 Å². The van der Waals surface area contributed by atoms with Crippen LogP contribution in [0.15, 0.2) is 12.4 Å². The van der Waals surface area contributed by atoms with Crippen molar-refractivity contribution < 1.29 is 4.74 Å². The third-order valence-corrected chi connectivity index (χ3v) is 2.01. The van der Waals surface area contributed by atoms with Crippen molar-refractivity contribution in [2.45, 2.75) is 19.4 Å². The van der Waals surface area contributed by atoms with E-state index < -0.39 is 0 Å². The van der Waals surface area contributed by atoms with Gasteiger partial charge in [-0.3, -0.25) is 0 Å². The Hall–Kier alpha value is -1.20. The van der Waals surface area contributed by atoms with Gasteiger partial charge in [-0.05, 0) is 13.3 Å². The first kappa shape index (κ1) is 11.9. The fourth-order valence-electron chi connectivity index (χ4n) is 1.23. The Kier molecular flexibility index (Phi) is 5.00. The number of aryl methyl sites for hydroxylation is 1. The van der Waals surface area contributed by atoms with E-state index in [9.17, 15) is 0 Å². The molecule has 3 N–H and O–H groups in total. The van der Waals surface area contributed by atoms with Crippen LogP contribution in [0.4, 0.5) is 5.82 Å². The predicted molar refractivity (Wildman–Crippen MR) is 59.7 cm³/mol. The topological polar surface area (TPSA) is 73.1 Å². The Morgan fingerprint density at radius 3 is 3.00 bits per heavy atom. The summed E-state index contributed by atoms with van der Waals surface area (Å²) in [5.41, 5.74) is 6.73. The molecule has 0 radical (unpaired) electrons. The van der Waals surface area contributed by atoms with Gasteiger partial charge in [0.2, 0.25) is 0 Å². The minimum atomic E-state index is 0.0745. The summed E-state index contributed by atoms with van der Waals surface area (Å²) in [7, 11) is 1.65. The molecule has 1 atom stereocenters. The molecule has 0 spiro atoms. The SMILES string of the molecule is COCC(N)CCNc1cc(C)ncn1. The van der Waals surface area contributed by atoms with E-state index in [0.717, 1.165) is 24.5 Å². The summed E-state index contributed by atoms with van der Waals surface area (Å²) in [6.45, 7) is 3.31. The summed E-state index contributed by atoms with van der Waals surface area (Å²) >= 11 is 0. The second kappa shape index (κ2) is 6.31. The summed E-state index contributed by atoms with van der Waals surface area (Å²) in [5, 5.41) is 3.19. The van der Waals surface area contributed by atoms with Crippen molar-refractivity contribution in [3.63, 3.8) is 0 Å². The molecule has 5 nitrogen and oxygen atoms in total. The van der Waals surface area contributed by atoms with Gasteiger partial charge in [0.15, 0.2) is 0 Å². The van der Waals surface area contributed by atoms with Gasteiger partial charge in [-0.2, -0.15) is 0 Å². The van der Waals surface area contributed by atoms with Crippen molar-refractivity contribution in [3.8, 4) is 0 Å². The first-order chi connectivity index (χ1) is 7.22. The molecule has 1 unspecified atom stereocenters. The third-order valence-electron chi connectivity index (χ3n) is 2.01. The highest BCUT2D eigenvalue weighted by Gasteiger charge is 2.01. The molecule has 0 aromatic carbocycles. The molecule has 15 heavy (non-hydrogen) atoms. The summed E-state index contributed by atoms with van der Waals surface area (Å²) in [6.07, 6.45) is 2.41. The molecular formula is C10H18N4O. The van der Waals surface area contributed by atoms with Crippen LogP contribution in [0.1, 0.15) is 12.1 Å². The van der Waals surface area contributed by atoms with Crippen LogP contribution in [0.2, 0.25) is 0 Å². The number of methoxy groups -OCH3 is 1. The van der Waals surface area contributed by atoms with Crippen LogP contribution in [0, 0.1) is 6.92 Å². The maximum Gasteiger partial charge on any atom is 0.129 e. The molecule has 0 aliphatic heterocycles. The lowest BCUT2D eigenvalue weighted by Gasteiger charge is -2.11. The minimum Gasteiger partial charge on any atom is -0.383 e. The number of nitrogens with zero attached hydrogens (tertiary/aromatic N) is 2. The number of aromatic nitrogens is 2. The summed E-state index contributed by atoms with van der Waals surface area (Å²) < 4.78 is 4.95. The number of hydrogen-bond acceptors (Lipinski definition) is 5. The monoisotopic (exact) mass is 210 g/mol. The lowest BCUT2D eigenvalue weighted by Crippen LogP contribution is -2.28. The number of ether oxygens (including phenoxy) is 1. The van der Waals surface area contributed by atoms with Crippen molar-refractivity contribution in [1.82, 2.24) is 9.97 Å². The normalized spacial score (nSPS) is 12.5. The van der Waals surface area contributed by atoms with Gasteiger partial charge in [0.1, 0.15) is 12.1 Å². The van der Waals surface area contributed by atoms with Crippen LogP contribution in [-0.4, -0.2) is 36.3 Å². The average Bonchev–Trinajstić information content (AvgIpc) is 2.18. The highest BCUT2D eigenvalue weighted by atomic mass is 16.5. The van der Waals surface area contributed by atoms with Crippen LogP contribution in [0.25, 0.3) is 0 Å². The average molecular weight is 210 g/mol. The van der Waals surface area contributed by atoms with Crippen LogP contribution < -0.4 is 11.1 Å². The molecule has 5 heteroatoms. The Morgan fingerprint density at radius 2 is 2.33 bits per heavy atom. The van der Waals surface area contributed by atoms with Crippen molar-refractivity contribution in [3.05, 3.63) is 18.1 Å². The zero-order valence-corrected chi connectivity index (χ0v) is 9.23. The molecule has 0 bridgehead atoms. The van der Waals surface area contributed by atoms with Crippen LogP contribution >= 0.6 is 0 Å². The van der Waals surface area contributed by atoms with Gasteiger partial charge in [0, 0.05) is 31.5 Å². The van der Waals surface area contributed by atoms with E-state index in [1.807, 2.05) is 13.0 Å². The summed E-state index contributed by atoms with van der Waals surface area (Å²) in [6, 6.07) is 1.98. The molecule has 0 aliphatic carbocycles. The van der Waals surface area contributed by atoms with Gasteiger partial charge in [0.05, 0.1) is 6.61 Å². The van der Waals surface area contributed by atoms with Crippen molar-refractivity contribution in [2.24, 2.45) is 5.73 Å². The molecule has 1 aromatic heterocycles. The molecular weight excluding hydrogens is 192 g/mol. The van der Waals surface area contributed by atoms with Crippen molar-refractivity contribution in [2.75, 3.05) is 25.6 Å². The van der Waals surface area contributed by atoms with E-state index in [0.29, 0.717) is 6.61 Å². The van der Waals surface area contributed by atoms with Gasteiger partial charge in [-0.15, -0.1) is 0 Å². The zero-order valence-electron chi connectivity index (χ0n) is 9.23. The third kappa shape index (κ3) is 4.71. The molecule has 0 saturated carbocycles. The van der Waals surface area contributed by atoms with E-state index >= 15 is 0 Å². The first-order valence-electron chi connectivity index (χ1n) is 4.99. The van der Waals surface area contributed by atoms with Gasteiger partial charge in [0.25, 0.3) is 0 Å². The summed E-state index contributed by atoms with van der Waals surface area (Å²) in [4.78, 5) is 8.10. The van der Waals surface area contributed by atoms with Gasteiger partial charge < -0.3 is 15.8 Å². The van der Waals surface area contributed by atoms with Gasteiger partial charge >= 0.3 is 0 Å². The lowest BCUT2D eigenvalue weighted by atomic mass is 10.2. The Morgan fingerprint density at radius 1 is 1.53 bits per heavy atom. The highest BCUT2D eigenvalue weighted by Crippen LogP contribution is 2.02. The minimum absolute atomic E-state index is 0.0745. The number of rotatable bonds is 6. The lowest BCUT2D eigenvalue weighted by molar-refractivity contribution is 0.178. The quantitative estimate of drug-likeness (QED) is 0.717. The molecule has 0 aliphatic rings. The van der Waals surface area contributed by atoms with E-state index in [1.165, 1.54) is 0 Å². The fraction of sp³-hybridized carbons (Fsp3) is 0.600. The molecule has 1 rings (SSSR count). The second-order valence-corrected chi connectivity index (χ2v) is 3.48. The largest absolute Gasteiger partial charge is 0.383 e. The Bertz CT molecular complexity index is 293. The standard InChI is InChI=1S/C10H18N4O/c1-8-5-10(14-7-13-8)12-4-3-9(11)6-15-2/h5,7,9H,3-4,6,11H2,1-2H3,(H,12,13,14). The Balaban J connectivity index is 2.25. The summed E-state index contributed by atoms with van der Waals surface area (Å²) in [5.74, 6) is 0.840. The predicted octanol–water partition coefficient (Wildman–Crippen LogP) is 0.561. The second-order valence-electron chi connectivity index (χ2n) is 3.48. The van der Waals surface area contributed by atoms with Crippen LogP contribution in [0.3, 0.4) is 0 Å². The number of anilines is 1. The number of nitrogens with two attached hydrogens (primary N) is 1. The smallest absolute Gasteiger partial charge is 0.129 e. The highest BCUT2D eigenvalue weighted by molar-refractivity contribution is 5.34. The van der Waals surface area contributed by atoms with Gasteiger partial charge in [-0.1, -0.05) is 0 Å². The van der Waals surface area contributed by atoms with E-state index in [-0.39, 0.29) is 6.04 Å². The maximum absolute atomic E-state index is 5.78. The Labute approximate surface area is 90.1 Å². The van der Waals surface area contributed by atoms with E-state index in [2.05, 4.69) is 15.3 Å². The molecule has 1 aromatic rings. The molecule has 0 amide bonds. The molecule has 0 saturated heterocycles. The van der Waals surface area contributed by atoms with Crippen LogP contribution in [0.5, 0.6) is 0 Å². The van der Waals surface area contributed by atoms with Gasteiger partial charge in [-0.25, -0.2) is 9.97 Å². The molecule has 1 heterocycles. The van der Waals surface area contributed by atoms with E-state index in [1.54, 1.807) is 13.4 Å². The molecule has 0 fully saturated rings. The number of hydrogen-bond donors (Lipinski definition) is 2. The molecule has 84 valence electrons. The number of nitrogens with one attached hydrogen (secondary N) is 1. The van der Waals surface area contributed by atoms with Crippen LogP contribution in [-0.2, 0) is 4.74 Å². The maximum atomic E-state index is 5.78. The first-order valence-corrected chi connectivity index (χ1v) is 4.99. The van der Waals surface area contributed by atoms with E-state index in [4.69, 9.17) is 10.5 Å². The fourth-order valence-corrected chi connectivity index (χ4v) is 1.23.